The Balaban J connectivity index is 1.34. The van der Waals surface area contributed by atoms with Crippen LogP contribution in [0.15, 0.2) is 61.2 Å². The first-order valence-corrected chi connectivity index (χ1v) is 10.7. The summed E-state index contributed by atoms with van der Waals surface area (Å²) in [5, 5.41) is 15.1. The molecule has 0 atom stereocenters. The lowest BCUT2D eigenvalue weighted by Gasteiger charge is -2.22. The van der Waals surface area contributed by atoms with E-state index in [2.05, 4.69) is 31.9 Å². The van der Waals surface area contributed by atoms with Crippen molar-refractivity contribution >= 4 is 17.4 Å². The van der Waals surface area contributed by atoms with Gasteiger partial charge in [0, 0.05) is 31.2 Å². The largest absolute Gasteiger partial charge is 0.366 e. The maximum atomic E-state index is 12.8. The normalized spacial score (nSPS) is 14.6. The van der Waals surface area contributed by atoms with Crippen LogP contribution in [-0.4, -0.2) is 36.3 Å². The van der Waals surface area contributed by atoms with E-state index in [0.717, 1.165) is 24.1 Å². The van der Waals surface area contributed by atoms with E-state index in [0.29, 0.717) is 23.6 Å². The van der Waals surface area contributed by atoms with Crippen molar-refractivity contribution in [2.75, 3.05) is 5.32 Å². The number of aromatic nitrogens is 5. The summed E-state index contributed by atoms with van der Waals surface area (Å²) in [5.74, 6) is 0.588. The zero-order chi connectivity index (χ0) is 21.0. The number of benzene rings is 1. The molecule has 2 N–H and O–H groups in total. The average molecular weight is 416 g/mol. The minimum absolute atomic E-state index is 0.101. The number of nitrogens with zero attached hydrogens (tertiary/aromatic N) is 5. The standard InChI is InChI=1S/C23H25N7O/c31-23(27-18-8-2-1-3-9-18)19-16-26-30-14-11-21(28-22(19)30)24-15-17-7-4-5-10-20(17)29-13-6-12-25-29/h4-7,10-14,16,18H,1-3,8-9,15H2,(H,24,28)(H,27,31). The van der Waals surface area contributed by atoms with E-state index in [1.54, 1.807) is 16.9 Å². The Morgan fingerprint density at radius 1 is 1.03 bits per heavy atom. The van der Waals surface area contributed by atoms with Crippen molar-refractivity contribution in [1.29, 1.82) is 0 Å². The molecule has 0 saturated heterocycles. The number of rotatable bonds is 6. The quantitative estimate of drug-likeness (QED) is 0.502. The van der Waals surface area contributed by atoms with Crippen molar-refractivity contribution in [2.24, 2.45) is 0 Å². The Bertz CT molecular complexity index is 1180. The van der Waals surface area contributed by atoms with E-state index in [1.165, 1.54) is 19.3 Å². The number of fused-ring (bicyclic) bond motifs is 1. The van der Waals surface area contributed by atoms with Gasteiger partial charge in [-0.05, 0) is 36.6 Å². The number of para-hydroxylation sites is 1. The van der Waals surface area contributed by atoms with E-state index < -0.39 is 0 Å². The average Bonchev–Trinajstić information content (AvgIpc) is 3.48. The van der Waals surface area contributed by atoms with Crippen LogP contribution in [0.4, 0.5) is 5.82 Å². The van der Waals surface area contributed by atoms with Gasteiger partial charge in [-0.15, -0.1) is 0 Å². The molecular formula is C23H25N7O. The molecule has 1 amide bonds. The van der Waals surface area contributed by atoms with Gasteiger partial charge in [0.25, 0.3) is 5.91 Å². The first kappa shape index (κ1) is 19.3. The number of carbonyl (C=O) groups excluding carboxylic acids is 1. The number of hydrogen-bond donors (Lipinski definition) is 2. The molecule has 0 unspecified atom stereocenters. The number of hydrogen-bond acceptors (Lipinski definition) is 5. The van der Waals surface area contributed by atoms with Crippen LogP contribution in [0.5, 0.6) is 0 Å². The molecule has 8 heteroatoms. The summed E-state index contributed by atoms with van der Waals surface area (Å²) in [5.41, 5.74) is 3.17. The second-order valence-electron chi connectivity index (χ2n) is 7.88. The number of carbonyl (C=O) groups is 1. The molecule has 0 radical (unpaired) electrons. The lowest BCUT2D eigenvalue weighted by atomic mass is 9.95. The van der Waals surface area contributed by atoms with Crippen LogP contribution in [0.3, 0.4) is 0 Å². The highest BCUT2D eigenvalue weighted by molar-refractivity contribution is 5.99. The molecule has 31 heavy (non-hydrogen) atoms. The third kappa shape index (κ3) is 4.14. The predicted molar refractivity (Wildman–Crippen MR) is 118 cm³/mol. The fraction of sp³-hybridized carbons (Fsp3) is 0.304. The first-order valence-electron chi connectivity index (χ1n) is 10.7. The minimum atomic E-state index is -0.101. The van der Waals surface area contributed by atoms with Crippen LogP contribution >= 0.6 is 0 Å². The summed E-state index contributed by atoms with van der Waals surface area (Å²) in [6.45, 7) is 0.580. The second-order valence-corrected chi connectivity index (χ2v) is 7.88. The summed E-state index contributed by atoms with van der Waals surface area (Å²) < 4.78 is 3.48. The van der Waals surface area contributed by atoms with Crippen LogP contribution < -0.4 is 10.6 Å². The van der Waals surface area contributed by atoms with Crippen molar-refractivity contribution in [3.63, 3.8) is 0 Å². The van der Waals surface area contributed by atoms with Gasteiger partial charge >= 0.3 is 0 Å². The molecular weight excluding hydrogens is 390 g/mol. The Hall–Kier alpha value is -3.68. The van der Waals surface area contributed by atoms with Gasteiger partial charge in [0.15, 0.2) is 5.65 Å². The molecule has 8 nitrogen and oxygen atoms in total. The predicted octanol–water partition coefficient (Wildman–Crippen LogP) is 3.59. The van der Waals surface area contributed by atoms with Crippen molar-refractivity contribution < 1.29 is 4.79 Å². The third-order valence-corrected chi connectivity index (χ3v) is 5.76. The molecule has 4 aromatic rings. The van der Waals surface area contributed by atoms with E-state index in [9.17, 15) is 4.79 Å². The number of amides is 1. The van der Waals surface area contributed by atoms with Gasteiger partial charge in [-0.1, -0.05) is 37.5 Å². The molecule has 158 valence electrons. The van der Waals surface area contributed by atoms with E-state index in [4.69, 9.17) is 0 Å². The fourth-order valence-corrected chi connectivity index (χ4v) is 4.12. The lowest BCUT2D eigenvalue weighted by Crippen LogP contribution is -2.36. The van der Waals surface area contributed by atoms with Crippen LogP contribution in [0.1, 0.15) is 48.0 Å². The van der Waals surface area contributed by atoms with Crippen molar-refractivity contribution in [2.45, 2.75) is 44.7 Å². The first-order chi connectivity index (χ1) is 15.3. The van der Waals surface area contributed by atoms with E-state index >= 15 is 0 Å². The molecule has 3 aromatic heterocycles. The lowest BCUT2D eigenvalue weighted by molar-refractivity contribution is 0.0929. The van der Waals surface area contributed by atoms with E-state index in [-0.39, 0.29) is 11.9 Å². The molecule has 1 aromatic carbocycles. The summed E-state index contributed by atoms with van der Waals surface area (Å²) in [4.78, 5) is 17.5. The molecule has 1 fully saturated rings. The van der Waals surface area contributed by atoms with Gasteiger partial charge in [-0.2, -0.15) is 10.2 Å². The highest BCUT2D eigenvalue weighted by Gasteiger charge is 2.20. The number of anilines is 1. The molecule has 1 aliphatic rings. The van der Waals surface area contributed by atoms with Crippen LogP contribution in [0, 0.1) is 0 Å². The number of nitrogens with one attached hydrogen (secondary N) is 2. The molecule has 1 saturated carbocycles. The van der Waals surface area contributed by atoms with Gasteiger partial charge < -0.3 is 10.6 Å². The summed E-state index contributed by atoms with van der Waals surface area (Å²) in [6, 6.07) is 12.1. The zero-order valence-electron chi connectivity index (χ0n) is 17.2. The molecule has 0 bridgehead atoms. The Kier molecular flexibility index (Phi) is 5.35. The van der Waals surface area contributed by atoms with Gasteiger partial charge in [0.2, 0.25) is 0 Å². The maximum absolute atomic E-state index is 12.8. The van der Waals surface area contributed by atoms with Gasteiger partial charge in [-0.3, -0.25) is 4.79 Å². The van der Waals surface area contributed by atoms with Crippen LogP contribution in [0.25, 0.3) is 11.3 Å². The minimum Gasteiger partial charge on any atom is -0.366 e. The molecule has 0 aliphatic heterocycles. The van der Waals surface area contributed by atoms with Gasteiger partial charge in [0.05, 0.1) is 11.9 Å². The Morgan fingerprint density at radius 3 is 2.74 bits per heavy atom. The van der Waals surface area contributed by atoms with Crippen molar-refractivity contribution in [3.8, 4) is 5.69 Å². The van der Waals surface area contributed by atoms with Crippen LogP contribution in [-0.2, 0) is 6.54 Å². The topological polar surface area (TPSA) is 89.1 Å². The smallest absolute Gasteiger partial charge is 0.256 e. The molecule has 5 rings (SSSR count). The zero-order valence-corrected chi connectivity index (χ0v) is 17.2. The van der Waals surface area contributed by atoms with Gasteiger partial charge in [0.1, 0.15) is 11.4 Å². The molecule has 0 spiro atoms. The van der Waals surface area contributed by atoms with Crippen molar-refractivity contribution in [1.82, 2.24) is 29.7 Å². The van der Waals surface area contributed by atoms with E-state index in [1.807, 2.05) is 47.4 Å². The highest BCUT2D eigenvalue weighted by Crippen LogP contribution is 2.19. The fourth-order valence-electron chi connectivity index (χ4n) is 4.12. The van der Waals surface area contributed by atoms with Crippen LogP contribution in [0.2, 0.25) is 0 Å². The molecule has 1 aliphatic carbocycles. The van der Waals surface area contributed by atoms with Gasteiger partial charge in [-0.25, -0.2) is 14.2 Å². The Labute approximate surface area is 180 Å². The highest BCUT2D eigenvalue weighted by atomic mass is 16.1. The summed E-state index contributed by atoms with van der Waals surface area (Å²) >= 11 is 0. The maximum Gasteiger partial charge on any atom is 0.256 e. The second kappa shape index (κ2) is 8.59. The van der Waals surface area contributed by atoms with Crippen molar-refractivity contribution in [3.05, 3.63) is 72.3 Å². The molecule has 3 heterocycles. The third-order valence-electron chi connectivity index (χ3n) is 5.76. The summed E-state index contributed by atoms with van der Waals surface area (Å²) in [6.07, 6.45) is 12.8. The monoisotopic (exact) mass is 415 g/mol. The summed E-state index contributed by atoms with van der Waals surface area (Å²) in [7, 11) is 0. The SMILES string of the molecule is O=C(NC1CCCCC1)c1cnn2ccc(NCc3ccccc3-n3cccn3)nc12. The Morgan fingerprint density at radius 2 is 1.90 bits per heavy atom.